The number of carboxylic acid groups (broad SMARTS) is 2. The van der Waals surface area contributed by atoms with Gasteiger partial charge in [-0.3, -0.25) is 19.7 Å². The molecule has 0 atom stereocenters. The zero-order chi connectivity index (χ0) is 41.4. The van der Waals surface area contributed by atoms with Crippen molar-refractivity contribution >= 4 is 70.2 Å². The van der Waals surface area contributed by atoms with Gasteiger partial charge >= 0.3 is 11.9 Å². The average molecular weight is 862 g/mol. The molecule has 57 heavy (non-hydrogen) atoms. The van der Waals surface area contributed by atoms with Crippen molar-refractivity contribution in [3.63, 3.8) is 0 Å². The molecule has 0 aliphatic carbocycles. The maximum absolute atomic E-state index is 13.5. The normalized spacial score (nSPS) is 12.7. The Balaban J connectivity index is 0.000000242. The van der Waals surface area contributed by atoms with E-state index in [1.54, 1.807) is 53.8 Å². The van der Waals surface area contributed by atoms with Crippen LogP contribution < -0.4 is 15.0 Å². The number of carboxylic acids is 2. The second-order valence-corrected chi connectivity index (χ2v) is 14.4. The Morgan fingerprint density at radius 3 is 1.60 bits per heavy atom. The Hall–Kier alpha value is -5.22. The number of nitrogens with zero attached hydrogens (tertiary/aromatic N) is 4. The molecule has 1 aliphatic heterocycles. The Labute approximate surface area is 347 Å². The van der Waals surface area contributed by atoms with Crippen LogP contribution in [0.3, 0.4) is 0 Å². The molecule has 0 bridgehead atoms. The highest BCUT2D eigenvalue weighted by molar-refractivity contribution is 6.36. The van der Waals surface area contributed by atoms with Crippen LogP contribution in [0.5, 0.6) is 11.5 Å². The van der Waals surface area contributed by atoms with Crippen LogP contribution in [-0.4, -0.2) is 84.3 Å². The number of rotatable bonds is 12. The summed E-state index contributed by atoms with van der Waals surface area (Å²) in [5.74, 6) is -3.81. The largest absolute Gasteiger partial charge is 0.485 e. The van der Waals surface area contributed by atoms with Crippen molar-refractivity contribution in [2.24, 2.45) is 14.1 Å². The number of aryl methyl sites for hydroxylation is 2. The number of hydroxylamine groups is 1. The van der Waals surface area contributed by atoms with Gasteiger partial charge in [0.15, 0.2) is 22.9 Å². The van der Waals surface area contributed by atoms with Crippen LogP contribution in [0, 0.1) is 0 Å². The Morgan fingerprint density at radius 2 is 1.12 bits per heavy atom. The topological polar surface area (TPSA) is 176 Å². The van der Waals surface area contributed by atoms with Gasteiger partial charge in [-0.05, 0) is 29.8 Å². The predicted molar refractivity (Wildman–Crippen MR) is 213 cm³/mol. The first kappa shape index (κ1) is 42.9. The number of aromatic carboxylic acids is 2. The summed E-state index contributed by atoms with van der Waals surface area (Å²) < 4.78 is 14.0. The van der Waals surface area contributed by atoms with E-state index in [1.165, 1.54) is 34.1 Å². The molecule has 0 spiro atoms. The maximum Gasteiger partial charge on any atom is 0.356 e. The minimum atomic E-state index is -1.30. The molecule has 1 aliphatic rings. The number of hydrogen-bond donors (Lipinski definition) is 4. The van der Waals surface area contributed by atoms with Gasteiger partial charge in [-0.2, -0.15) is 0 Å². The van der Waals surface area contributed by atoms with E-state index in [0.717, 1.165) is 19.6 Å². The summed E-state index contributed by atoms with van der Waals surface area (Å²) in [4.78, 5) is 52.4. The fourth-order valence-electron chi connectivity index (χ4n) is 6.12. The molecule has 18 heteroatoms. The fraction of sp³-hybridized carbons (Fsp3) is 0.231. The van der Waals surface area contributed by atoms with Crippen LogP contribution >= 0.6 is 46.4 Å². The minimum Gasteiger partial charge on any atom is -0.485 e. The van der Waals surface area contributed by atoms with Gasteiger partial charge in [0.1, 0.15) is 24.3 Å². The first-order valence-corrected chi connectivity index (χ1v) is 18.7. The van der Waals surface area contributed by atoms with Gasteiger partial charge in [0, 0.05) is 90.4 Å². The molecule has 14 nitrogen and oxygen atoms in total. The number of halogens is 4. The molecule has 0 radical (unpaired) electrons. The summed E-state index contributed by atoms with van der Waals surface area (Å²) in [6.07, 6.45) is 2.71. The van der Waals surface area contributed by atoms with Crippen LogP contribution in [0.1, 0.15) is 58.4 Å². The number of ether oxygens (including phenoxy) is 2. The smallest absolute Gasteiger partial charge is 0.356 e. The van der Waals surface area contributed by atoms with E-state index in [4.69, 9.17) is 61.0 Å². The number of benzene rings is 3. The van der Waals surface area contributed by atoms with Gasteiger partial charge in [0.05, 0.1) is 0 Å². The quantitative estimate of drug-likeness (QED) is 0.0736. The highest BCUT2D eigenvalue weighted by Gasteiger charge is 2.31. The van der Waals surface area contributed by atoms with Crippen molar-refractivity contribution in [3.8, 4) is 11.5 Å². The molecule has 1 saturated heterocycles. The lowest BCUT2D eigenvalue weighted by atomic mass is 10.1. The molecule has 3 aromatic carbocycles. The summed E-state index contributed by atoms with van der Waals surface area (Å²) >= 11 is 24.5. The summed E-state index contributed by atoms with van der Waals surface area (Å²) in [6, 6.07) is 20.1. The van der Waals surface area contributed by atoms with E-state index >= 15 is 0 Å². The molecular formula is C39H37Cl4N5O9. The van der Waals surface area contributed by atoms with E-state index in [2.05, 4.69) is 17.0 Å². The monoisotopic (exact) mass is 859 g/mol. The Bertz CT molecular complexity index is 2230. The number of carbonyl (C=O) groups is 4. The van der Waals surface area contributed by atoms with E-state index in [9.17, 15) is 29.5 Å². The van der Waals surface area contributed by atoms with E-state index < -0.39 is 17.8 Å². The van der Waals surface area contributed by atoms with Crippen LogP contribution in [0.2, 0.25) is 20.1 Å². The molecule has 3 heterocycles. The number of hydrogen-bond acceptors (Lipinski definition) is 8. The summed E-state index contributed by atoms with van der Waals surface area (Å²) in [5, 5.41) is 29.1. The van der Waals surface area contributed by atoms with Crippen molar-refractivity contribution in [3.05, 3.63) is 138 Å². The highest BCUT2D eigenvalue weighted by atomic mass is 35.5. The molecule has 0 saturated carbocycles. The van der Waals surface area contributed by atoms with Gasteiger partial charge in [0.2, 0.25) is 0 Å². The van der Waals surface area contributed by atoms with Gasteiger partial charge in [0.25, 0.3) is 11.8 Å². The number of piperazine rings is 1. The zero-order valence-corrected chi connectivity index (χ0v) is 33.6. The van der Waals surface area contributed by atoms with Crippen molar-refractivity contribution < 1.29 is 44.1 Å². The lowest BCUT2D eigenvalue weighted by molar-refractivity contribution is 0.0621. The van der Waals surface area contributed by atoms with Crippen LogP contribution in [0.15, 0.2) is 79.1 Å². The lowest BCUT2D eigenvalue weighted by Crippen LogP contribution is -2.48. The van der Waals surface area contributed by atoms with E-state index in [-0.39, 0.29) is 53.1 Å². The molecule has 4 N–H and O–H groups in total. The standard InChI is InChI=1S/C25H26Cl2N4O4.C14H11Cl2NO5/c1-29-15-18(25(33)31-12-10-30(11-13-31)14-17-6-3-2-4-7-17)23(22(29)24(32)28-34)35-16-19-20(26)8-5-9-21(19)27;1-17-5-7(13(18)19)12(11(17)14(20)21)22-6-8-9(15)3-2-4-10(8)16/h2-9,15,34H,10-14,16H2,1H3,(H,28,32);2-5H,6H2,1H3,(H,18,19)(H,20,21). The number of nitrogens with one attached hydrogen (secondary N) is 1. The minimum absolute atomic E-state index is 0.0155. The molecule has 300 valence electrons. The van der Waals surface area contributed by atoms with E-state index in [1.807, 2.05) is 18.2 Å². The Morgan fingerprint density at radius 1 is 0.649 bits per heavy atom. The molecule has 1 fully saturated rings. The van der Waals surface area contributed by atoms with E-state index in [0.29, 0.717) is 44.3 Å². The second-order valence-electron chi connectivity index (χ2n) is 12.7. The third-order valence-corrected chi connectivity index (χ3v) is 10.4. The van der Waals surface area contributed by atoms with Gasteiger partial charge in [-0.15, -0.1) is 0 Å². The van der Waals surface area contributed by atoms with Crippen molar-refractivity contribution in [2.45, 2.75) is 19.8 Å². The van der Waals surface area contributed by atoms with Crippen molar-refractivity contribution in [1.29, 1.82) is 0 Å². The van der Waals surface area contributed by atoms with Gasteiger partial charge < -0.3 is 33.7 Å². The van der Waals surface area contributed by atoms with Gasteiger partial charge in [-0.25, -0.2) is 15.1 Å². The fourth-order valence-corrected chi connectivity index (χ4v) is 7.13. The SMILES string of the molecule is Cn1cc(C(=O)N2CCN(Cc3ccccc3)CC2)c(OCc2c(Cl)cccc2Cl)c1C(=O)NO.Cn1cc(C(=O)O)c(OCc2c(Cl)cccc2Cl)c1C(=O)O. The second kappa shape index (κ2) is 19.3. The van der Waals surface area contributed by atoms with Crippen LogP contribution in [0.25, 0.3) is 0 Å². The molecule has 2 aromatic heterocycles. The molecular weight excluding hydrogens is 824 g/mol. The summed E-state index contributed by atoms with van der Waals surface area (Å²) in [6.45, 7) is 3.14. The first-order chi connectivity index (χ1) is 27.2. The number of carbonyl (C=O) groups excluding carboxylic acids is 2. The Kier molecular flexibility index (Phi) is 14.5. The third-order valence-electron chi connectivity index (χ3n) is 9.00. The zero-order valence-electron chi connectivity index (χ0n) is 30.5. The van der Waals surface area contributed by atoms with Crippen LogP contribution in [-0.2, 0) is 33.9 Å². The van der Waals surface area contributed by atoms with Crippen molar-refractivity contribution in [2.75, 3.05) is 26.2 Å². The summed E-state index contributed by atoms with van der Waals surface area (Å²) in [5.41, 5.74) is 3.56. The average Bonchev–Trinajstić information content (AvgIpc) is 3.70. The lowest BCUT2D eigenvalue weighted by Gasteiger charge is -2.34. The van der Waals surface area contributed by atoms with Crippen LogP contribution in [0.4, 0.5) is 0 Å². The van der Waals surface area contributed by atoms with Crippen molar-refractivity contribution in [1.82, 2.24) is 24.4 Å². The number of amides is 2. The highest BCUT2D eigenvalue weighted by Crippen LogP contribution is 2.33. The molecule has 6 rings (SSSR count). The third kappa shape index (κ3) is 10.2. The number of aromatic nitrogens is 2. The summed E-state index contributed by atoms with van der Waals surface area (Å²) in [7, 11) is 3.03. The van der Waals surface area contributed by atoms with Gasteiger partial charge in [-0.1, -0.05) is 88.9 Å². The molecule has 5 aromatic rings. The maximum atomic E-state index is 13.5. The molecule has 0 unspecified atom stereocenters. The predicted octanol–water partition coefficient (Wildman–Crippen LogP) is 7.30. The molecule has 2 amide bonds. The first-order valence-electron chi connectivity index (χ1n) is 17.2.